The average Bonchev–Trinajstić information content (AvgIpc) is 3.96. The molecule has 2 saturated carbocycles. The molecule has 4 N–H and O–H groups in total. The fourth-order valence-electron chi connectivity index (χ4n) is 6.74. The largest absolute Gasteiger partial charge is 0.480 e. The van der Waals surface area contributed by atoms with Crippen LogP contribution in [0.4, 0.5) is 8.78 Å². The van der Waals surface area contributed by atoms with Crippen molar-refractivity contribution >= 4 is 39.4 Å². The number of carbonyl (C=O) groups is 4. The van der Waals surface area contributed by atoms with Crippen LogP contribution in [0.1, 0.15) is 57.6 Å². The maximum Gasteiger partial charge on any atom is 0.317 e. The van der Waals surface area contributed by atoms with Gasteiger partial charge in [0, 0.05) is 17.5 Å². The number of oxime groups is 1. The van der Waals surface area contributed by atoms with Gasteiger partial charge in [-0.1, -0.05) is 74.5 Å². The number of likely N-dealkylation sites (tertiary alicyclic amines) is 1. The van der Waals surface area contributed by atoms with E-state index in [1.807, 2.05) is 53.3 Å². The number of carbonyl (C=O) groups excluding carboxylic acids is 3. The summed E-state index contributed by atoms with van der Waals surface area (Å²) in [5.74, 6) is -5.72. The van der Waals surface area contributed by atoms with E-state index in [1.54, 1.807) is 20.8 Å². The third-order valence-electron chi connectivity index (χ3n) is 9.63. The molecule has 1 saturated heterocycles. The van der Waals surface area contributed by atoms with Gasteiger partial charge in [0.15, 0.2) is 0 Å². The molecule has 5 atom stereocenters. The molecule has 13 nitrogen and oxygen atoms in total. The maximum absolute atomic E-state index is 14.1. The number of amides is 3. The number of hydrogen-bond acceptors (Lipinski definition) is 9. The summed E-state index contributed by atoms with van der Waals surface area (Å²) in [6.45, 7) is 4.40. The molecule has 3 fully saturated rings. The van der Waals surface area contributed by atoms with Crippen molar-refractivity contribution in [1.82, 2.24) is 20.3 Å². The van der Waals surface area contributed by atoms with Crippen LogP contribution < -0.4 is 15.4 Å². The summed E-state index contributed by atoms with van der Waals surface area (Å²) in [4.78, 5) is 59.9. The first-order chi connectivity index (χ1) is 23.5. The molecule has 4 aliphatic rings. The van der Waals surface area contributed by atoms with Crippen LogP contribution in [0.2, 0.25) is 0 Å². The number of nitrogens with one attached hydrogen (secondary N) is 3. The molecule has 0 bridgehead atoms. The highest BCUT2D eigenvalue weighted by Crippen LogP contribution is 2.48. The van der Waals surface area contributed by atoms with Crippen LogP contribution in [0.5, 0.6) is 0 Å². The zero-order chi connectivity index (χ0) is 36.2. The van der Waals surface area contributed by atoms with Crippen LogP contribution in [0.15, 0.2) is 53.7 Å². The van der Waals surface area contributed by atoms with Crippen LogP contribution in [0.25, 0.3) is 11.1 Å². The summed E-state index contributed by atoms with van der Waals surface area (Å²) in [6.07, 6.45) is -3.90. The lowest BCUT2D eigenvalue weighted by atomic mass is 9.85. The Balaban J connectivity index is 1.29. The van der Waals surface area contributed by atoms with Gasteiger partial charge in [-0.05, 0) is 35.8 Å². The molecule has 1 heterocycles. The lowest BCUT2D eigenvalue weighted by Crippen LogP contribution is -2.60. The van der Waals surface area contributed by atoms with E-state index in [1.165, 1.54) is 4.90 Å². The van der Waals surface area contributed by atoms with Crippen molar-refractivity contribution in [1.29, 1.82) is 0 Å². The Labute approximate surface area is 287 Å². The lowest BCUT2D eigenvalue weighted by Gasteiger charge is -2.35. The molecule has 2 aromatic rings. The summed E-state index contributed by atoms with van der Waals surface area (Å²) in [5.41, 5.74) is 1.05. The van der Waals surface area contributed by atoms with Gasteiger partial charge in [0.1, 0.15) is 23.4 Å². The lowest BCUT2D eigenvalue weighted by molar-refractivity contribution is -0.144. The van der Waals surface area contributed by atoms with Gasteiger partial charge in [0.2, 0.25) is 28.3 Å². The van der Waals surface area contributed by atoms with Gasteiger partial charge in [-0.3, -0.25) is 29.2 Å². The van der Waals surface area contributed by atoms with E-state index in [2.05, 4.69) is 15.8 Å². The monoisotopic (exact) mass is 715 g/mol. The van der Waals surface area contributed by atoms with Crippen LogP contribution in [-0.4, -0.2) is 96.3 Å². The number of hydrogen-bond donors (Lipinski definition) is 4. The number of fused-ring (bicyclic) bond motifs is 3. The summed E-state index contributed by atoms with van der Waals surface area (Å²) < 4.78 is 54.9. The Morgan fingerprint density at radius 1 is 1.02 bits per heavy atom. The molecule has 3 aliphatic carbocycles. The van der Waals surface area contributed by atoms with Crippen molar-refractivity contribution in [3.8, 4) is 11.1 Å². The third kappa shape index (κ3) is 6.82. The molecule has 268 valence electrons. The molecule has 2 aromatic carbocycles. The van der Waals surface area contributed by atoms with Gasteiger partial charge in [-0.2, -0.15) is 0 Å². The SMILES string of the molecule is CC(C)(C)[C@H](NCC(=O)O)C(=O)N1C[C@H](ON=C2c3ccccc3-c3ccccc32)C[C@H]1C(=O)N[C@@]1(C(=O)NS(=O)(=O)C2CC2)C[C@H]1C(F)F. The maximum atomic E-state index is 14.1. The fraction of sp³-hybridized carbons (Fsp3) is 0.500. The van der Waals surface area contributed by atoms with E-state index in [4.69, 9.17) is 4.84 Å². The standard InChI is InChI=1S/C34H39F2N5O8S/c1-33(2,3)28(37-16-26(42)43)31(45)41-17-18(49-39-27-22-10-6-4-8-20(22)21-9-5-7-11-23(21)27)14-25(41)30(44)38-34(15-24(34)29(35)36)32(46)40-50(47,48)19-12-13-19/h4-11,18-19,24-25,28-29,37H,12-17H2,1-3H3,(H,38,44)(H,40,46)(H,42,43)/t18-,24+,25+,28-,34+/m1/s1. The van der Waals surface area contributed by atoms with E-state index in [-0.39, 0.29) is 13.0 Å². The molecule has 50 heavy (non-hydrogen) atoms. The number of carboxylic acid groups (broad SMARTS) is 1. The van der Waals surface area contributed by atoms with Gasteiger partial charge < -0.3 is 20.2 Å². The van der Waals surface area contributed by atoms with E-state index < -0.39 is 93.4 Å². The predicted molar refractivity (Wildman–Crippen MR) is 176 cm³/mol. The van der Waals surface area contributed by atoms with E-state index in [0.717, 1.165) is 22.3 Å². The number of sulfonamides is 1. The summed E-state index contributed by atoms with van der Waals surface area (Å²) in [6, 6.07) is 12.8. The van der Waals surface area contributed by atoms with Gasteiger partial charge in [0.05, 0.1) is 30.3 Å². The summed E-state index contributed by atoms with van der Waals surface area (Å²) >= 11 is 0. The molecule has 0 spiro atoms. The van der Waals surface area contributed by atoms with E-state index >= 15 is 0 Å². The van der Waals surface area contributed by atoms with Crippen molar-refractivity contribution in [3.63, 3.8) is 0 Å². The first kappa shape index (κ1) is 35.4. The Morgan fingerprint density at radius 2 is 1.60 bits per heavy atom. The zero-order valence-corrected chi connectivity index (χ0v) is 28.5. The second-order valence-corrected chi connectivity index (χ2v) is 16.3. The first-order valence-electron chi connectivity index (χ1n) is 16.4. The Bertz CT molecular complexity index is 1810. The molecular formula is C34H39F2N5O8S. The highest BCUT2D eigenvalue weighted by atomic mass is 32.2. The Kier molecular flexibility index (Phi) is 9.22. The van der Waals surface area contributed by atoms with Crippen molar-refractivity contribution < 1.29 is 46.3 Å². The number of benzene rings is 2. The Morgan fingerprint density at radius 3 is 2.10 bits per heavy atom. The zero-order valence-electron chi connectivity index (χ0n) is 27.7. The average molecular weight is 716 g/mol. The molecule has 16 heteroatoms. The van der Waals surface area contributed by atoms with Gasteiger partial charge in [-0.25, -0.2) is 17.2 Å². The van der Waals surface area contributed by atoms with Crippen LogP contribution in [0.3, 0.4) is 0 Å². The number of carboxylic acids is 1. The van der Waals surface area contributed by atoms with Gasteiger partial charge in [0.25, 0.3) is 5.91 Å². The molecule has 1 aliphatic heterocycles. The summed E-state index contributed by atoms with van der Waals surface area (Å²) in [7, 11) is -4.12. The van der Waals surface area contributed by atoms with Crippen LogP contribution >= 0.6 is 0 Å². The topological polar surface area (TPSA) is 184 Å². The Hall–Kier alpha value is -4.44. The van der Waals surface area contributed by atoms with Crippen molar-refractivity contribution in [2.45, 2.75) is 81.9 Å². The first-order valence-corrected chi connectivity index (χ1v) is 17.9. The quantitative estimate of drug-likeness (QED) is 0.204. The minimum absolute atomic E-state index is 0.148. The molecule has 0 aromatic heterocycles. The number of nitrogens with zero attached hydrogens (tertiary/aromatic N) is 2. The van der Waals surface area contributed by atoms with Crippen LogP contribution in [0, 0.1) is 11.3 Å². The number of halogens is 2. The second-order valence-electron chi connectivity index (χ2n) is 14.4. The molecular weight excluding hydrogens is 676 g/mol. The number of alkyl halides is 2. The normalized spacial score (nSPS) is 24.6. The smallest absolute Gasteiger partial charge is 0.317 e. The minimum Gasteiger partial charge on any atom is -0.480 e. The third-order valence-corrected chi connectivity index (χ3v) is 11.5. The fourth-order valence-corrected chi connectivity index (χ4v) is 8.11. The van der Waals surface area contributed by atoms with E-state index in [0.29, 0.717) is 18.6 Å². The minimum atomic E-state index is -4.12. The van der Waals surface area contributed by atoms with Gasteiger partial charge in [-0.15, -0.1) is 0 Å². The van der Waals surface area contributed by atoms with E-state index in [9.17, 15) is 41.5 Å². The van der Waals surface area contributed by atoms with Gasteiger partial charge >= 0.3 is 5.97 Å². The molecule has 0 unspecified atom stereocenters. The predicted octanol–water partition coefficient (Wildman–Crippen LogP) is 2.24. The van der Waals surface area contributed by atoms with Crippen molar-refractivity contribution in [2.75, 3.05) is 13.1 Å². The highest BCUT2D eigenvalue weighted by Gasteiger charge is 2.66. The number of rotatable bonds is 12. The van der Waals surface area contributed by atoms with Crippen molar-refractivity contribution in [2.24, 2.45) is 16.5 Å². The highest BCUT2D eigenvalue weighted by molar-refractivity contribution is 7.91. The molecule has 3 amide bonds. The second kappa shape index (κ2) is 13.0. The summed E-state index contributed by atoms with van der Waals surface area (Å²) in [5, 5.41) is 18.1. The van der Waals surface area contributed by atoms with Crippen molar-refractivity contribution in [3.05, 3.63) is 59.7 Å². The van der Waals surface area contributed by atoms with Crippen LogP contribution in [-0.2, 0) is 34.0 Å². The number of aliphatic carboxylic acids is 1. The molecule has 6 rings (SSSR count). The molecule has 0 radical (unpaired) electrons.